The summed E-state index contributed by atoms with van der Waals surface area (Å²) in [6.45, 7) is 6.46. The van der Waals surface area contributed by atoms with E-state index in [4.69, 9.17) is 4.74 Å². The summed E-state index contributed by atoms with van der Waals surface area (Å²) >= 11 is 0. The highest BCUT2D eigenvalue weighted by molar-refractivity contribution is 5.16. The molecule has 4 heteroatoms. The van der Waals surface area contributed by atoms with E-state index >= 15 is 0 Å². The second-order valence-corrected chi connectivity index (χ2v) is 5.53. The normalized spacial score (nSPS) is 20.4. The third kappa shape index (κ3) is 4.00. The van der Waals surface area contributed by atoms with Crippen molar-refractivity contribution in [2.75, 3.05) is 19.6 Å². The molecule has 1 aromatic heterocycles. The number of nitrogens with zero attached hydrogens (tertiary/aromatic N) is 2. The second-order valence-electron chi connectivity index (χ2n) is 5.53. The van der Waals surface area contributed by atoms with Crippen molar-refractivity contribution in [3.63, 3.8) is 0 Å². The monoisotopic (exact) mass is 264 g/mol. The summed E-state index contributed by atoms with van der Waals surface area (Å²) in [5.74, 6) is -1.26. The van der Waals surface area contributed by atoms with Crippen molar-refractivity contribution >= 4 is 0 Å². The zero-order valence-corrected chi connectivity index (χ0v) is 11.9. The molecular weight excluding hydrogens is 240 g/mol. The highest BCUT2D eigenvalue weighted by Crippen LogP contribution is 2.26. The maximum atomic E-state index is 10.9. The number of aromatic nitrogens is 1. The molecule has 19 heavy (non-hydrogen) atoms. The van der Waals surface area contributed by atoms with Crippen molar-refractivity contribution in [3.8, 4) is 0 Å². The Bertz CT molecular complexity index is 377. The first-order chi connectivity index (χ1) is 9.10. The van der Waals surface area contributed by atoms with Gasteiger partial charge in [-0.1, -0.05) is 12.5 Å². The molecule has 0 aromatic carbocycles. The van der Waals surface area contributed by atoms with Crippen molar-refractivity contribution < 1.29 is 9.84 Å². The van der Waals surface area contributed by atoms with Crippen LogP contribution in [0.25, 0.3) is 0 Å². The van der Waals surface area contributed by atoms with Crippen LogP contribution in [0.4, 0.5) is 0 Å². The van der Waals surface area contributed by atoms with Crippen LogP contribution >= 0.6 is 0 Å². The molecular formula is C15H24N2O2. The van der Waals surface area contributed by atoms with Gasteiger partial charge in [-0.25, -0.2) is 0 Å². The number of pyridine rings is 1. The number of aliphatic hydroxyl groups is 1. The molecule has 2 heterocycles. The Kier molecular flexibility index (Phi) is 4.91. The highest BCUT2D eigenvalue weighted by atomic mass is 16.6. The van der Waals surface area contributed by atoms with E-state index in [2.05, 4.69) is 9.88 Å². The SMILES string of the molecule is CC(C)OC(O)(CN1CCCCC1)c1cccnc1. The lowest BCUT2D eigenvalue weighted by molar-refractivity contribution is -0.242. The summed E-state index contributed by atoms with van der Waals surface area (Å²) in [5.41, 5.74) is 0.731. The molecule has 1 N–H and O–H groups in total. The van der Waals surface area contributed by atoms with Crippen molar-refractivity contribution in [2.24, 2.45) is 0 Å². The van der Waals surface area contributed by atoms with Gasteiger partial charge in [-0.15, -0.1) is 0 Å². The summed E-state index contributed by atoms with van der Waals surface area (Å²) in [7, 11) is 0. The fraction of sp³-hybridized carbons (Fsp3) is 0.667. The maximum absolute atomic E-state index is 10.9. The first-order valence-electron chi connectivity index (χ1n) is 7.13. The molecule has 1 saturated heterocycles. The van der Waals surface area contributed by atoms with Gasteiger partial charge in [0.1, 0.15) is 0 Å². The lowest BCUT2D eigenvalue weighted by atomic mass is 10.0. The quantitative estimate of drug-likeness (QED) is 0.828. The molecule has 4 nitrogen and oxygen atoms in total. The van der Waals surface area contributed by atoms with Gasteiger partial charge in [0, 0.05) is 18.0 Å². The summed E-state index contributed by atoms with van der Waals surface area (Å²) in [4.78, 5) is 6.37. The number of rotatable bonds is 5. The number of β-amino-alcohol motifs (C(OH)–C–C–N with tert-alkyl or cyclic N) is 1. The van der Waals surface area contributed by atoms with Crippen LogP contribution in [0.1, 0.15) is 38.7 Å². The Morgan fingerprint density at radius 2 is 2.11 bits per heavy atom. The van der Waals surface area contributed by atoms with Gasteiger partial charge in [0.2, 0.25) is 5.79 Å². The second kappa shape index (κ2) is 6.46. The van der Waals surface area contributed by atoms with Crippen LogP contribution in [-0.2, 0) is 10.5 Å². The summed E-state index contributed by atoms with van der Waals surface area (Å²) in [5, 5.41) is 10.9. The molecule has 0 spiro atoms. The molecule has 0 radical (unpaired) electrons. The summed E-state index contributed by atoms with van der Waals surface area (Å²) < 4.78 is 5.80. The lowest BCUT2D eigenvalue weighted by Gasteiger charge is -2.37. The largest absolute Gasteiger partial charge is 0.361 e. The van der Waals surface area contributed by atoms with Crippen LogP contribution in [0.5, 0.6) is 0 Å². The lowest BCUT2D eigenvalue weighted by Crippen LogP contribution is -2.46. The minimum Gasteiger partial charge on any atom is -0.361 e. The van der Waals surface area contributed by atoms with Gasteiger partial charge >= 0.3 is 0 Å². The molecule has 1 aliphatic rings. The van der Waals surface area contributed by atoms with Crippen LogP contribution in [0, 0.1) is 0 Å². The molecule has 106 valence electrons. The van der Waals surface area contributed by atoms with Crippen molar-refractivity contribution in [1.82, 2.24) is 9.88 Å². The highest BCUT2D eigenvalue weighted by Gasteiger charge is 2.34. The summed E-state index contributed by atoms with van der Waals surface area (Å²) in [6, 6.07) is 3.71. The Morgan fingerprint density at radius 3 is 2.68 bits per heavy atom. The van der Waals surface area contributed by atoms with Gasteiger partial charge in [-0.3, -0.25) is 9.88 Å². The minimum atomic E-state index is -1.26. The first kappa shape index (κ1) is 14.4. The Morgan fingerprint density at radius 1 is 1.37 bits per heavy atom. The van der Waals surface area contributed by atoms with Gasteiger partial charge in [0.25, 0.3) is 0 Å². The first-order valence-corrected chi connectivity index (χ1v) is 7.13. The molecule has 1 aliphatic heterocycles. The Balaban J connectivity index is 2.14. The van der Waals surface area contributed by atoms with Crippen molar-refractivity contribution in [2.45, 2.75) is 45.0 Å². The van der Waals surface area contributed by atoms with E-state index in [0.29, 0.717) is 6.54 Å². The van der Waals surface area contributed by atoms with Crippen LogP contribution < -0.4 is 0 Å². The fourth-order valence-corrected chi connectivity index (χ4v) is 2.60. The maximum Gasteiger partial charge on any atom is 0.207 e. The topological polar surface area (TPSA) is 45.6 Å². The van der Waals surface area contributed by atoms with Gasteiger partial charge < -0.3 is 9.84 Å². The average Bonchev–Trinajstić information content (AvgIpc) is 2.40. The number of hydrogen-bond acceptors (Lipinski definition) is 4. The number of likely N-dealkylation sites (tertiary alicyclic amines) is 1. The Hall–Kier alpha value is -0.970. The van der Waals surface area contributed by atoms with Crippen LogP contribution in [0.3, 0.4) is 0 Å². The molecule has 1 aromatic rings. The molecule has 1 unspecified atom stereocenters. The molecule has 0 saturated carbocycles. The summed E-state index contributed by atoms with van der Waals surface area (Å²) in [6.07, 6.45) is 7.05. The molecule has 1 atom stereocenters. The molecule has 0 amide bonds. The zero-order valence-electron chi connectivity index (χ0n) is 11.9. The molecule has 0 aliphatic carbocycles. The molecule has 1 fully saturated rings. The van der Waals surface area contributed by atoms with Crippen LogP contribution in [0.15, 0.2) is 24.5 Å². The fourth-order valence-electron chi connectivity index (χ4n) is 2.60. The number of hydrogen-bond donors (Lipinski definition) is 1. The smallest absolute Gasteiger partial charge is 0.207 e. The van der Waals surface area contributed by atoms with Crippen molar-refractivity contribution in [3.05, 3.63) is 30.1 Å². The third-order valence-corrected chi connectivity index (χ3v) is 3.43. The number of piperidine rings is 1. The molecule has 2 rings (SSSR count). The molecule has 0 bridgehead atoms. The minimum absolute atomic E-state index is 0.0324. The van der Waals surface area contributed by atoms with E-state index in [1.54, 1.807) is 12.4 Å². The predicted octanol–water partition coefficient (Wildman–Crippen LogP) is 2.14. The van der Waals surface area contributed by atoms with E-state index in [9.17, 15) is 5.11 Å². The van der Waals surface area contributed by atoms with E-state index in [1.807, 2.05) is 26.0 Å². The third-order valence-electron chi connectivity index (χ3n) is 3.43. The standard InChI is InChI=1S/C15H24N2O2/c1-13(2)19-15(18,14-7-6-8-16-11-14)12-17-9-4-3-5-10-17/h6-8,11,13,18H,3-5,9-10,12H2,1-2H3. The number of ether oxygens (including phenoxy) is 1. The Labute approximate surface area is 115 Å². The predicted molar refractivity (Wildman–Crippen MR) is 74.6 cm³/mol. The van der Waals surface area contributed by atoms with Gasteiger partial charge in [-0.05, 0) is 45.8 Å². The average molecular weight is 264 g/mol. The van der Waals surface area contributed by atoms with Crippen LogP contribution in [-0.4, -0.2) is 40.7 Å². The van der Waals surface area contributed by atoms with Gasteiger partial charge in [-0.2, -0.15) is 0 Å². The van der Waals surface area contributed by atoms with Crippen LogP contribution in [0.2, 0.25) is 0 Å². The zero-order chi connectivity index (χ0) is 13.7. The van der Waals surface area contributed by atoms with Gasteiger partial charge in [0.05, 0.1) is 12.6 Å². The van der Waals surface area contributed by atoms with Gasteiger partial charge in [0.15, 0.2) is 0 Å². The van der Waals surface area contributed by atoms with Crippen molar-refractivity contribution in [1.29, 1.82) is 0 Å². The van der Waals surface area contributed by atoms with E-state index < -0.39 is 5.79 Å². The van der Waals surface area contributed by atoms with E-state index in [0.717, 1.165) is 18.7 Å². The van der Waals surface area contributed by atoms with E-state index in [-0.39, 0.29) is 6.10 Å². The van der Waals surface area contributed by atoms with E-state index in [1.165, 1.54) is 19.3 Å².